The van der Waals surface area contributed by atoms with Crippen molar-refractivity contribution in [2.75, 3.05) is 7.11 Å². The molecule has 4 heteroatoms. The molecule has 0 amide bonds. The molecule has 0 aromatic heterocycles. The highest BCUT2D eigenvalue weighted by atomic mass is 35.5. The van der Waals surface area contributed by atoms with E-state index in [-0.39, 0.29) is 5.56 Å². The fraction of sp³-hybridized carbons (Fsp3) is 0.222. The highest BCUT2D eigenvalue weighted by molar-refractivity contribution is 6.30. The monoisotopic (exact) mass is 199 g/mol. The molecule has 1 atom stereocenters. The largest absolute Gasteiger partial charge is 0.362 e. The smallest absolute Gasteiger partial charge is 0.171 e. The van der Waals surface area contributed by atoms with Crippen molar-refractivity contribution in [1.29, 1.82) is 5.26 Å². The van der Waals surface area contributed by atoms with Gasteiger partial charge in [0.25, 0.3) is 0 Å². The van der Waals surface area contributed by atoms with E-state index < -0.39 is 11.9 Å². The number of hydrogen-bond donors (Lipinski definition) is 0. The predicted octanol–water partition coefficient (Wildman–Crippen LogP) is 2.69. The summed E-state index contributed by atoms with van der Waals surface area (Å²) in [5, 5.41) is 8.99. The summed E-state index contributed by atoms with van der Waals surface area (Å²) in [5.41, 5.74) is 0.164. The number of nitriles is 1. The van der Waals surface area contributed by atoms with Gasteiger partial charge in [-0.3, -0.25) is 0 Å². The molecule has 0 aliphatic heterocycles. The Morgan fingerprint density at radius 1 is 1.62 bits per heavy atom. The van der Waals surface area contributed by atoms with E-state index in [4.69, 9.17) is 21.6 Å². The third kappa shape index (κ3) is 2.18. The zero-order chi connectivity index (χ0) is 9.84. The van der Waals surface area contributed by atoms with Crippen LogP contribution in [-0.4, -0.2) is 7.11 Å². The van der Waals surface area contributed by atoms with Crippen LogP contribution >= 0.6 is 11.6 Å². The van der Waals surface area contributed by atoms with Crippen molar-refractivity contribution in [2.45, 2.75) is 6.10 Å². The summed E-state index contributed by atoms with van der Waals surface area (Å²) in [7, 11) is 1.34. The molecule has 0 aliphatic rings. The van der Waals surface area contributed by atoms with Crippen molar-refractivity contribution in [3.63, 3.8) is 0 Å². The Morgan fingerprint density at radius 2 is 2.31 bits per heavy atom. The second kappa shape index (κ2) is 4.22. The summed E-state index contributed by atoms with van der Waals surface area (Å²) in [6.45, 7) is 0. The molecule has 0 saturated heterocycles. The molecule has 0 radical (unpaired) electrons. The molecule has 13 heavy (non-hydrogen) atoms. The average Bonchev–Trinajstić information content (AvgIpc) is 2.13. The molecular formula is C9H7ClFNO. The van der Waals surface area contributed by atoms with E-state index in [1.54, 1.807) is 0 Å². The van der Waals surface area contributed by atoms with Gasteiger partial charge in [0.05, 0.1) is 6.07 Å². The van der Waals surface area contributed by atoms with Gasteiger partial charge in [-0.05, 0) is 18.2 Å². The third-order valence-corrected chi connectivity index (χ3v) is 1.83. The highest BCUT2D eigenvalue weighted by Crippen LogP contribution is 2.22. The molecule has 0 spiro atoms. The lowest BCUT2D eigenvalue weighted by Crippen LogP contribution is -2.01. The van der Waals surface area contributed by atoms with Crippen molar-refractivity contribution in [2.24, 2.45) is 0 Å². The number of rotatable bonds is 2. The van der Waals surface area contributed by atoms with E-state index in [2.05, 4.69) is 0 Å². The molecule has 68 valence electrons. The van der Waals surface area contributed by atoms with E-state index >= 15 is 0 Å². The van der Waals surface area contributed by atoms with E-state index in [9.17, 15) is 4.39 Å². The quantitative estimate of drug-likeness (QED) is 0.734. The Kier molecular flexibility index (Phi) is 3.24. The lowest BCUT2D eigenvalue weighted by atomic mass is 10.1. The van der Waals surface area contributed by atoms with Gasteiger partial charge < -0.3 is 4.74 Å². The first-order chi connectivity index (χ1) is 6.19. The lowest BCUT2D eigenvalue weighted by Gasteiger charge is -2.08. The Bertz CT molecular complexity index is 348. The molecule has 0 N–H and O–H groups in total. The standard InChI is InChI=1S/C9H7ClFNO/c1-13-9(5-12)7-4-6(10)2-3-8(7)11/h2-4,9H,1H3. The number of benzene rings is 1. The van der Waals surface area contributed by atoms with E-state index in [0.29, 0.717) is 5.02 Å². The van der Waals surface area contributed by atoms with Crippen molar-refractivity contribution < 1.29 is 9.13 Å². The van der Waals surface area contributed by atoms with E-state index in [1.807, 2.05) is 6.07 Å². The molecule has 1 aromatic carbocycles. The number of hydrogen-bond acceptors (Lipinski definition) is 2. The Morgan fingerprint density at radius 3 is 2.85 bits per heavy atom. The first-order valence-corrected chi connectivity index (χ1v) is 3.94. The SMILES string of the molecule is COC(C#N)c1cc(Cl)ccc1F. The van der Waals surface area contributed by atoms with Gasteiger partial charge in [0.2, 0.25) is 0 Å². The number of methoxy groups -OCH3 is 1. The van der Waals surface area contributed by atoms with Crippen LogP contribution in [0.4, 0.5) is 4.39 Å². The van der Waals surface area contributed by atoms with Crippen LogP contribution in [0, 0.1) is 17.1 Å². The second-order valence-electron chi connectivity index (χ2n) is 2.41. The highest BCUT2D eigenvalue weighted by Gasteiger charge is 2.14. The zero-order valence-corrected chi connectivity index (χ0v) is 7.68. The van der Waals surface area contributed by atoms with Crippen molar-refractivity contribution in [3.8, 4) is 6.07 Å². The van der Waals surface area contributed by atoms with E-state index in [1.165, 1.54) is 25.3 Å². The topological polar surface area (TPSA) is 33.0 Å². The molecule has 1 rings (SSSR count). The number of halogens is 2. The van der Waals surface area contributed by atoms with Crippen molar-refractivity contribution >= 4 is 11.6 Å². The van der Waals surface area contributed by atoms with Gasteiger partial charge in [-0.1, -0.05) is 11.6 Å². The lowest BCUT2D eigenvalue weighted by molar-refractivity contribution is 0.145. The normalized spacial score (nSPS) is 12.2. The summed E-state index contributed by atoms with van der Waals surface area (Å²) in [6, 6.07) is 5.83. The molecule has 1 unspecified atom stereocenters. The molecule has 0 aliphatic carbocycles. The van der Waals surface area contributed by atoms with Crippen LogP contribution in [0.25, 0.3) is 0 Å². The van der Waals surface area contributed by atoms with Crippen LogP contribution in [0.5, 0.6) is 0 Å². The second-order valence-corrected chi connectivity index (χ2v) is 2.85. The van der Waals surface area contributed by atoms with Crippen LogP contribution in [0.1, 0.15) is 11.7 Å². The van der Waals surface area contributed by atoms with Crippen LogP contribution in [-0.2, 0) is 4.74 Å². The maximum atomic E-state index is 13.1. The van der Waals surface area contributed by atoms with Gasteiger partial charge in [-0.2, -0.15) is 5.26 Å². The third-order valence-electron chi connectivity index (χ3n) is 1.59. The number of ether oxygens (including phenoxy) is 1. The fourth-order valence-corrected chi connectivity index (χ4v) is 1.15. The number of nitrogens with zero attached hydrogens (tertiary/aromatic N) is 1. The summed E-state index contributed by atoms with van der Waals surface area (Å²) in [6.07, 6.45) is -0.904. The maximum absolute atomic E-state index is 13.1. The molecule has 0 fully saturated rings. The van der Waals surface area contributed by atoms with Gasteiger partial charge in [-0.25, -0.2) is 4.39 Å². The Balaban J connectivity index is 3.13. The first kappa shape index (κ1) is 9.97. The van der Waals surface area contributed by atoms with Crippen molar-refractivity contribution in [1.82, 2.24) is 0 Å². The predicted molar refractivity (Wildman–Crippen MR) is 46.8 cm³/mol. The Hall–Kier alpha value is -1.11. The first-order valence-electron chi connectivity index (χ1n) is 3.56. The maximum Gasteiger partial charge on any atom is 0.171 e. The fourth-order valence-electron chi connectivity index (χ4n) is 0.965. The average molecular weight is 200 g/mol. The van der Waals surface area contributed by atoms with Crippen LogP contribution in [0.3, 0.4) is 0 Å². The minimum absolute atomic E-state index is 0.164. The van der Waals surface area contributed by atoms with Crippen LogP contribution in [0.2, 0.25) is 5.02 Å². The van der Waals surface area contributed by atoms with Crippen molar-refractivity contribution in [3.05, 3.63) is 34.6 Å². The minimum Gasteiger partial charge on any atom is -0.362 e. The van der Waals surface area contributed by atoms with Gasteiger partial charge in [0, 0.05) is 17.7 Å². The van der Waals surface area contributed by atoms with E-state index in [0.717, 1.165) is 0 Å². The summed E-state index contributed by atoms with van der Waals surface area (Å²) >= 11 is 5.64. The van der Waals surface area contributed by atoms with Gasteiger partial charge in [0.15, 0.2) is 6.10 Å². The minimum atomic E-state index is -0.904. The molecule has 0 bridgehead atoms. The zero-order valence-electron chi connectivity index (χ0n) is 6.92. The van der Waals surface area contributed by atoms with Gasteiger partial charge in [0.1, 0.15) is 5.82 Å². The molecular weight excluding hydrogens is 193 g/mol. The molecule has 0 saturated carbocycles. The molecule has 1 aromatic rings. The summed E-state index contributed by atoms with van der Waals surface area (Å²) in [4.78, 5) is 0. The summed E-state index contributed by atoms with van der Waals surface area (Å²) < 4.78 is 17.9. The van der Waals surface area contributed by atoms with Crippen LogP contribution in [0.15, 0.2) is 18.2 Å². The van der Waals surface area contributed by atoms with Gasteiger partial charge >= 0.3 is 0 Å². The molecule has 2 nitrogen and oxygen atoms in total. The summed E-state index contributed by atoms with van der Waals surface area (Å²) in [5.74, 6) is -0.488. The van der Waals surface area contributed by atoms with Gasteiger partial charge in [-0.15, -0.1) is 0 Å². The molecule has 0 heterocycles. The van der Waals surface area contributed by atoms with Crippen LogP contribution < -0.4 is 0 Å². The Labute approximate surface area is 80.5 Å².